The molecule has 0 saturated carbocycles. The first-order chi connectivity index (χ1) is 9.19. The van der Waals surface area contributed by atoms with Gasteiger partial charge < -0.3 is 0 Å². The van der Waals surface area contributed by atoms with Crippen LogP contribution in [-0.2, 0) is 0 Å². The molecule has 0 amide bonds. The summed E-state index contributed by atoms with van der Waals surface area (Å²) in [4.78, 5) is 12.0. The summed E-state index contributed by atoms with van der Waals surface area (Å²) in [6.07, 6.45) is 6.05. The van der Waals surface area contributed by atoms with Crippen molar-refractivity contribution in [3.8, 4) is 0 Å². The van der Waals surface area contributed by atoms with Crippen LogP contribution in [-0.4, -0.2) is 10.9 Å². The average molecular weight is 278 g/mol. The monoisotopic (exact) mass is 278 g/mol. The Hall–Kier alpha value is -0.760. The Bertz CT molecular complexity index is 369. The molecule has 0 N–H and O–H groups in total. The molecule has 1 nitrogen and oxygen atoms in total. The molecule has 0 aromatic heterocycles. The van der Waals surface area contributed by atoms with Crippen LogP contribution in [0.15, 0.2) is 24.3 Å². The van der Waals surface area contributed by atoms with Crippen LogP contribution >= 0.6 is 11.8 Å². The fourth-order valence-electron chi connectivity index (χ4n) is 1.96. The Kier molecular flexibility index (Phi) is 7.88. The molecule has 1 atom stereocenters. The van der Waals surface area contributed by atoms with E-state index in [1.54, 1.807) is 0 Å². The maximum Gasteiger partial charge on any atom is 0.219 e. The van der Waals surface area contributed by atoms with Crippen molar-refractivity contribution in [3.05, 3.63) is 35.4 Å². The highest BCUT2D eigenvalue weighted by Gasteiger charge is 2.08. The summed E-state index contributed by atoms with van der Waals surface area (Å²) in [5.74, 6) is 1.53. The minimum absolute atomic E-state index is 0.215. The quantitative estimate of drug-likeness (QED) is 0.571. The molecule has 0 aliphatic rings. The Morgan fingerprint density at radius 1 is 1.11 bits per heavy atom. The third-order valence-corrected chi connectivity index (χ3v) is 4.55. The van der Waals surface area contributed by atoms with Gasteiger partial charge in [-0.05, 0) is 24.3 Å². The van der Waals surface area contributed by atoms with Crippen LogP contribution in [0.1, 0.15) is 74.7 Å². The topological polar surface area (TPSA) is 17.1 Å². The van der Waals surface area contributed by atoms with E-state index in [9.17, 15) is 4.79 Å². The molecule has 1 aromatic carbocycles. The van der Waals surface area contributed by atoms with Gasteiger partial charge in [-0.25, -0.2) is 0 Å². The van der Waals surface area contributed by atoms with Crippen molar-refractivity contribution in [2.45, 2.75) is 58.8 Å². The van der Waals surface area contributed by atoms with Crippen LogP contribution in [0, 0.1) is 0 Å². The van der Waals surface area contributed by atoms with Crippen LogP contribution < -0.4 is 0 Å². The Morgan fingerprint density at radius 3 is 2.37 bits per heavy atom. The molecular formula is C17H26OS. The molecule has 0 heterocycles. The van der Waals surface area contributed by atoms with Gasteiger partial charge in [0.25, 0.3) is 0 Å². The van der Waals surface area contributed by atoms with E-state index in [1.807, 2.05) is 12.1 Å². The van der Waals surface area contributed by atoms with Gasteiger partial charge >= 0.3 is 0 Å². The van der Waals surface area contributed by atoms with E-state index in [0.717, 1.165) is 24.2 Å². The van der Waals surface area contributed by atoms with Gasteiger partial charge in [-0.15, -0.1) is 0 Å². The van der Waals surface area contributed by atoms with Crippen molar-refractivity contribution in [1.82, 2.24) is 0 Å². The Morgan fingerprint density at radius 2 is 1.79 bits per heavy atom. The van der Waals surface area contributed by atoms with E-state index in [1.165, 1.54) is 36.6 Å². The molecule has 0 fully saturated rings. The van der Waals surface area contributed by atoms with Crippen molar-refractivity contribution in [1.29, 1.82) is 0 Å². The number of hydrogen-bond acceptors (Lipinski definition) is 2. The molecular weight excluding hydrogens is 252 g/mol. The Labute approximate surface area is 122 Å². The van der Waals surface area contributed by atoms with Crippen molar-refractivity contribution < 1.29 is 4.79 Å². The van der Waals surface area contributed by atoms with E-state index < -0.39 is 0 Å². The highest BCUT2D eigenvalue weighted by Crippen LogP contribution is 2.21. The summed E-state index contributed by atoms with van der Waals surface area (Å²) in [6, 6.07) is 8.14. The zero-order valence-corrected chi connectivity index (χ0v) is 13.3. The molecule has 106 valence electrons. The summed E-state index contributed by atoms with van der Waals surface area (Å²) in [5, 5.41) is 0.215. The summed E-state index contributed by atoms with van der Waals surface area (Å²) in [6.45, 7) is 6.62. The first-order valence-electron chi connectivity index (χ1n) is 7.46. The molecule has 19 heavy (non-hydrogen) atoms. The zero-order chi connectivity index (χ0) is 14.1. The molecule has 1 rings (SSSR count). The molecule has 0 saturated heterocycles. The van der Waals surface area contributed by atoms with Gasteiger partial charge in [0.15, 0.2) is 0 Å². The second-order valence-electron chi connectivity index (χ2n) is 5.13. The number of thioether (sulfide) groups is 1. The smallest absolute Gasteiger partial charge is 0.219 e. The van der Waals surface area contributed by atoms with E-state index in [0.29, 0.717) is 5.92 Å². The van der Waals surface area contributed by atoms with Crippen molar-refractivity contribution in [2.24, 2.45) is 0 Å². The number of rotatable bonds is 8. The number of unbranched alkanes of at least 4 members (excludes halogenated alkanes) is 3. The molecule has 0 aliphatic carbocycles. The fourth-order valence-corrected chi connectivity index (χ4v) is 2.80. The molecule has 1 unspecified atom stereocenters. The summed E-state index contributed by atoms with van der Waals surface area (Å²) in [5.41, 5.74) is 2.17. The summed E-state index contributed by atoms with van der Waals surface area (Å²) in [7, 11) is 0. The van der Waals surface area contributed by atoms with Gasteiger partial charge in [-0.1, -0.05) is 76.1 Å². The molecule has 1 aromatic rings. The van der Waals surface area contributed by atoms with Gasteiger partial charge in [0.1, 0.15) is 0 Å². The maximum atomic E-state index is 12.0. The predicted octanol–water partition coefficient (Wildman–Crippen LogP) is 5.65. The number of benzene rings is 1. The van der Waals surface area contributed by atoms with Crippen LogP contribution in [0.5, 0.6) is 0 Å². The van der Waals surface area contributed by atoms with Crippen molar-refractivity contribution >= 4 is 16.9 Å². The molecule has 2 heteroatoms. The Balaban J connectivity index is 2.40. The average Bonchev–Trinajstić information content (AvgIpc) is 2.46. The van der Waals surface area contributed by atoms with E-state index in [2.05, 4.69) is 32.9 Å². The van der Waals surface area contributed by atoms with Gasteiger partial charge in [-0.3, -0.25) is 4.79 Å². The number of carbonyl (C=O) groups excluding carboxylic acids is 1. The van der Waals surface area contributed by atoms with Crippen molar-refractivity contribution in [3.63, 3.8) is 0 Å². The first kappa shape index (κ1) is 16.3. The molecule has 0 spiro atoms. The van der Waals surface area contributed by atoms with Crippen LogP contribution in [0.2, 0.25) is 0 Å². The largest absolute Gasteiger partial charge is 0.282 e. The minimum Gasteiger partial charge on any atom is -0.282 e. The second kappa shape index (κ2) is 9.19. The maximum absolute atomic E-state index is 12.0. The van der Waals surface area contributed by atoms with Crippen LogP contribution in [0.4, 0.5) is 0 Å². The summed E-state index contributed by atoms with van der Waals surface area (Å²) < 4.78 is 0. The van der Waals surface area contributed by atoms with E-state index >= 15 is 0 Å². The highest BCUT2D eigenvalue weighted by atomic mass is 32.2. The van der Waals surface area contributed by atoms with Gasteiger partial charge in [0.2, 0.25) is 5.12 Å². The normalized spacial score (nSPS) is 12.4. The van der Waals surface area contributed by atoms with Gasteiger partial charge in [-0.2, -0.15) is 0 Å². The number of hydrogen-bond donors (Lipinski definition) is 0. The molecule has 0 aliphatic heterocycles. The lowest BCUT2D eigenvalue weighted by Crippen LogP contribution is -1.97. The molecule has 0 bridgehead atoms. The predicted molar refractivity (Wildman–Crippen MR) is 86.1 cm³/mol. The SMILES string of the molecule is CCCCCCSC(=O)c1ccc(C(C)CC)cc1. The number of carbonyl (C=O) groups is 1. The van der Waals surface area contributed by atoms with Gasteiger partial charge in [0, 0.05) is 11.3 Å². The van der Waals surface area contributed by atoms with Crippen LogP contribution in [0.25, 0.3) is 0 Å². The lowest BCUT2D eigenvalue weighted by Gasteiger charge is -2.09. The fraction of sp³-hybridized carbons (Fsp3) is 0.588. The standard InChI is InChI=1S/C17H26OS/c1-4-6-7-8-13-19-17(18)16-11-9-15(10-12-16)14(3)5-2/h9-12,14H,4-8,13H2,1-3H3. The minimum atomic E-state index is 0.215. The zero-order valence-electron chi connectivity index (χ0n) is 12.4. The third-order valence-electron chi connectivity index (χ3n) is 3.56. The lowest BCUT2D eigenvalue weighted by atomic mass is 9.98. The van der Waals surface area contributed by atoms with Gasteiger partial charge in [0.05, 0.1) is 0 Å². The summed E-state index contributed by atoms with van der Waals surface area (Å²) >= 11 is 1.46. The van der Waals surface area contributed by atoms with Crippen molar-refractivity contribution in [2.75, 3.05) is 5.75 Å². The second-order valence-corrected chi connectivity index (χ2v) is 6.20. The van der Waals surface area contributed by atoms with Crippen LogP contribution in [0.3, 0.4) is 0 Å². The molecule has 0 radical (unpaired) electrons. The lowest BCUT2D eigenvalue weighted by molar-refractivity contribution is 0.108. The highest BCUT2D eigenvalue weighted by molar-refractivity contribution is 8.14. The first-order valence-corrected chi connectivity index (χ1v) is 8.44. The van der Waals surface area contributed by atoms with E-state index in [-0.39, 0.29) is 5.12 Å². The third kappa shape index (κ3) is 5.82. The van der Waals surface area contributed by atoms with E-state index in [4.69, 9.17) is 0 Å².